The number of nitrogens with one attached hydrogen (secondary N) is 1. The van der Waals surface area contributed by atoms with Gasteiger partial charge in [0.1, 0.15) is 0 Å². The van der Waals surface area contributed by atoms with Crippen molar-refractivity contribution < 1.29 is 4.79 Å². The van der Waals surface area contributed by atoms with Gasteiger partial charge in [-0.1, -0.05) is 39.3 Å². The van der Waals surface area contributed by atoms with E-state index in [1.54, 1.807) is 0 Å². The predicted molar refractivity (Wildman–Crippen MR) is 106 cm³/mol. The molecule has 24 heavy (non-hydrogen) atoms. The van der Waals surface area contributed by atoms with Crippen molar-refractivity contribution in [2.24, 2.45) is 11.7 Å². The lowest BCUT2D eigenvalue weighted by Gasteiger charge is -2.16. The molecule has 3 N–H and O–H groups in total. The minimum atomic E-state index is -0.417. The quantitative estimate of drug-likeness (QED) is 0.757. The molecule has 138 valence electrons. The Morgan fingerprint density at radius 2 is 1.96 bits per heavy atom. The molecule has 0 radical (unpaired) electrons. The van der Waals surface area contributed by atoms with Gasteiger partial charge in [-0.15, -0.1) is 24.8 Å². The van der Waals surface area contributed by atoms with Gasteiger partial charge in [-0.2, -0.15) is 0 Å². The van der Waals surface area contributed by atoms with Gasteiger partial charge in [-0.05, 0) is 42.5 Å². The van der Waals surface area contributed by atoms with Gasteiger partial charge in [0, 0.05) is 18.8 Å². The summed E-state index contributed by atoms with van der Waals surface area (Å²) >= 11 is 0. The lowest BCUT2D eigenvalue weighted by molar-refractivity contribution is -0.117. The second-order valence-corrected chi connectivity index (χ2v) is 6.72. The van der Waals surface area contributed by atoms with Crippen molar-refractivity contribution >= 4 is 36.4 Å². The predicted octanol–water partition coefficient (Wildman–Crippen LogP) is 3.96. The van der Waals surface area contributed by atoms with Gasteiger partial charge >= 0.3 is 0 Å². The Hall–Kier alpha value is -0.810. The van der Waals surface area contributed by atoms with Crippen LogP contribution in [0.25, 0.3) is 0 Å². The second kappa shape index (κ2) is 10.9. The molecule has 4 nitrogen and oxygen atoms in total. The fourth-order valence-electron chi connectivity index (χ4n) is 2.87. The molecule has 1 heterocycles. The zero-order chi connectivity index (χ0) is 16.1. The van der Waals surface area contributed by atoms with Crippen molar-refractivity contribution in [2.75, 3.05) is 11.9 Å². The molecule has 0 spiro atoms. The molecule has 2 rings (SSSR count). The van der Waals surface area contributed by atoms with Crippen LogP contribution in [0.5, 0.6) is 0 Å². The normalized spacial score (nSPS) is 14.5. The number of halogens is 2. The topological polar surface area (TPSA) is 58.4 Å². The Bertz CT molecular complexity index is 523. The maximum Gasteiger partial charge on any atom is 0.241 e. The van der Waals surface area contributed by atoms with Crippen molar-refractivity contribution in [3.05, 3.63) is 29.3 Å². The first-order valence-corrected chi connectivity index (χ1v) is 8.40. The molecule has 0 saturated heterocycles. The first-order valence-electron chi connectivity index (χ1n) is 8.40. The third-order valence-electron chi connectivity index (χ3n) is 4.27. The average Bonchev–Trinajstić information content (AvgIpc) is 2.89. The number of nitrogens with two attached hydrogens (primary N) is 1. The van der Waals surface area contributed by atoms with Gasteiger partial charge in [0.15, 0.2) is 0 Å². The number of benzene rings is 1. The SMILES string of the molecule is CCCC(N)C(=O)Nc1cccc2c1CN(CCC(C)C)C2.Cl.Cl. The molecular formula is C18H31Cl2N3O. The van der Waals surface area contributed by atoms with Crippen molar-refractivity contribution in [3.8, 4) is 0 Å². The second-order valence-electron chi connectivity index (χ2n) is 6.72. The summed E-state index contributed by atoms with van der Waals surface area (Å²) in [5.74, 6) is 0.644. The van der Waals surface area contributed by atoms with Crippen LogP contribution in [-0.4, -0.2) is 23.4 Å². The largest absolute Gasteiger partial charge is 0.324 e. The molecule has 1 aromatic rings. The molecule has 0 aromatic heterocycles. The molecule has 1 amide bonds. The smallest absolute Gasteiger partial charge is 0.241 e. The van der Waals surface area contributed by atoms with Crippen LogP contribution >= 0.6 is 24.8 Å². The van der Waals surface area contributed by atoms with Crippen molar-refractivity contribution in [2.45, 2.75) is 59.2 Å². The number of fused-ring (bicyclic) bond motifs is 1. The highest BCUT2D eigenvalue weighted by Gasteiger charge is 2.23. The van der Waals surface area contributed by atoms with Crippen LogP contribution in [-0.2, 0) is 17.9 Å². The summed E-state index contributed by atoms with van der Waals surface area (Å²) in [7, 11) is 0. The van der Waals surface area contributed by atoms with Gasteiger partial charge < -0.3 is 11.1 Å². The highest BCUT2D eigenvalue weighted by Crippen LogP contribution is 2.29. The zero-order valence-corrected chi connectivity index (χ0v) is 16.5. The third kappa shape index (κ3) is 6.25. The number of anilines is 1. The number of hydrogen-bond acceptors (Lipinski definition) is 3. The van der Waals surface area contributed by atoms with Crippen molar-refractivity contribution in [1.29, 1.82) is 0 Å². The number of rotatable bonds is 7. The monoisotopic (exact) mass is 375 g/mol. The van der Waals surface area contributed by atoms with Gasteiger partial charge in [-0.25, -0.2) is 0 Å². The number of nitrogens with zero attached hydrogens (tertiary/aromatic N) is 1. The number of carbonyl (C=O) groups excluding carboxylic acids is 1. The van der Waals surface area contributed by atoms with Gasteiger partial charge in [-0.3, -0.25) is 9.69 Å². The van der Waals surface area contributed by atoms with Crippen LogP contribution in [0.3, 0.4) is 0 Å². The van der Waals surface area contributed by atoms with Gasteiger partial charge in [0.05, 0.1) is 6.04 Å². The molecule has 0 fully saturated rings. The van der Waals surface area contributed by atoms with E-state index < -0.39 is 6.04 Å². The standard InChI is InChI=1S/C18H29N3O.2ClH/c1-4-6-16(19)18(22)20-17-8-5-7-14-11-21(12-15(14)17)10-9-13(2)3;;/h5,7-8,13,16H,4,6,9-12,19H2,1-3H3,(H,20,22);2*1H. The maximum absolute atomic E-state index is 12.1. The van der Waals surface area contributed by atoms with E-state index in [-0.39, 0.29) is 30.7 Å². The van der Waals surface area contributed by atoms with Crippen LogP contribution in [0.4, 0.5) is 5.69 Å². The van der Waals surface area contributed by atoms with E-state index in [1.807, 2.05) is 19.1 Å². The molecule has 6 heteroatoms. The van der Waals surface area contributed by atoms with Gasteiger partial charge in [0.2, 0.25) is 5.91 Å². The number of carbonyl (C=O) groups is 1. The Kier molecular flexibility index (Phi) is 10.6. The Morgan fingerprint density at radius 3 is 2.58 bits per heavy atom. The van der Waals surface area contributed by atoms with Crippen LogP contribution in [0, 0.1) is 5.92 Å². The summed E-state index contributed by atoms with van der Waals surface area (Å²) in [4.78, 5) is 14.6. The summed E-state index contributed by atoms with van der Waals surface area (Å²) in [5.41, 5.74) is 9.42. The van der Waals surface area contributed by atoms with E-state index in [2.05, 4.69) is 30.1 Å². The van der Waals surface area contributed by atoms with E-state index in [1.165, 1.54) is 17.5 Å². The number of amides is 1. The van der Waals surface area contributed by atoms with Crippen LogP contribution in [0.2, 0.25) is 0 Å². The average molecular weight is 376 g/mol. The van der Waals surface area contributed by atoms with Crippen LogP contribution in [0.1, 0.15) is 51.2 Å². The Morgan fingerprint density at radius 1 is 1.25 bits per heavy atom. The minimum Gasteiger partial charge on any atom is -0.324 e. The lowest BCUT2D eigenvalue weighted by atomic mass is 10.1. The molecule has 0 saturated carbocycles. The molecule has 1 aliphatic heterocycles. The zero-order valence-electron chi connectivity index (χ0n) is 14.9. The van der Waals surface area contributed by atoms with Crippen LogP contribution < -0.4 is 11.1 Å². The molecule has 1 unspecified atom stereocenters. The summed E-state index contributed by atoms with van der Waals surface area (Å²) in [5, 5.41) is 3.02. The van der Waals surface area contributed by atoms with Gasteiger partial charge in [0.25, 0.3) is 0 Å². The fourth-order valence-corrected chi connectivity index (χ4v) is 2.87. The Balaban J connectivity index is 0.00000264. The van der Waals surface area contributed by atoms with E-state index in [9.17, 15) is 4.79 Å². The van der Waals surface area contributed by atoms with E-state index in [4.69, 9.17) is 5.73 Å². The fraction of sp³-hybridized carbons (Fsp3) is 0.611. The molecule has 1 aliphatic rings. The molecule has 0 bridgehead atoms. The number of hydrogen-bond donors (Lipinski definition) is 2. The summed E-state index contributed by atoms with van der Waals surface area (Å²) in [6.07, 6.45) is 2.85. The first kappa shape index (κ1) is 23.2. The first-order chi connectivity index (χ1) is 10.5. The highest BCUT2D eigenvalue weighted by molar-refractivity contribution is 5.95. The van der Waals surface area contributed by atoms with E-state index in [0.717, 1.165) is 44.1 Å². The molecule has 0 aliphatic carbocycles. The van der Waals surface area contributed by atoms with Crippen LogP contribution in [0.15, 0.2) is 18.2 Å². The summed E-state index contributed by atoms with van der Waals surface area (Å²) in [6, 6.07) is 5.75. The maximum atomic E-state index is 12.1. The van der Waals surface area contributed by atoms with E-state index in [0.29, 0.717) is 0 Å². The minimum absolute atomic E-state index is 0. The highest BCUT2D eigenvalue weighted by atomic mass is 35.5. The van der Waals surface area contributed by atoms with Crippen molar-refractivity contribution in [3.63, 3.8) is 0 Å². The Labute approximate surface area is 158 Å². The van der Waals surface area contributed by atoms with Crippen molar-refractivity contribution in [1.82, 2.24) is 4.90 Å². The molecular weight excluding hydrogens is 345 g/mol. The molecule has 1 aromatic carbocycles. The molecule has 1 atom stereocenters. The van der Waals surface area contributed by atoms with E-state index >= 15 is 0 Å². The third-order valence-corrected chi connectivity index (χ3v) is 4.27. The summed E-state index contributed by atoms with van der Waals surface area (Å²) in [6.45, 7) is 9.55. The lowest BCUT2D eigenvalue weighted by Crippen LogP contribution is -2.35. The summed E-state index contributed by atoms with van der Waals surface area (Å²) < 4.78 is 0.